The van der Waals surface area contributed by atoms with Gasteiger partial charge in [-0.05, 0) is 39.0 Å². The van der Waals surface area contributed by atoms with E-state index < -0.39 is 5.60 Å². The molecular formula is C12H20O. The first kappa shape index (κ1) is 10.6. The predicted octanol–water partition coefficient (Wildman–Crippen LogP) is 2.73. The van der Waals surface area contributed by atoms with Crippen molar-refractivity contribution in [2.45, 2.75) is 58.0 Å². The van der Waals surface area contributed by atoms with Crippen molar-refractivity contribution >= 4 is 0 Å². The summed E-state index contributed by atoms with van der Waals surface area (Å²) < 4.78 is 0. The molecule has 0 heterocycles. The average Bonchev–Trinajstić information content (AvgIpc) is 2.08. The van der Waals surface area contributed by atoms with E-state index in [4.69, 9.17) is 0 Å². The first-order valence-corrected chi connectivity index (χ1v) is 5.29. The molecule has 2 atom stereocenters. The van der Waals surface area contributed by atoms with Gasteiger partial charge in [-0.2, -0.15) is 0 Å². The van der Waals surface area contributed by atoms with Gasteiger partial charge in [0, 0.05) is 6.42 Å². The van der Waals surface area contributed by atoms with Gasteiger partial charge < -0.3 is 5.11 Å². The molecule has 1 saturated carbocycles. The van der Waals surface area contributed by atoms with Crippen LogP contribution >= 0.6 is 0 Å². The maximum atomic E-state index is 10.1. The van der Waals surface area contributed by atoms with Crippen molar-refractivity contribution in [2.75, 3.05) is 0 Å². The molecule has 1 aliphatic rings. The van der Waals surface area contributed by atoms with Crippen LogP contribution in [0, 0.1) is 17.8 Å². The quantitative estimate of drug-likeness (QED) is 0.648. The fraction of sp³-hybridized carbons (Fsp3) is 0.833. The molecule has 1 aliphatic carbocycles. The summed E-state index contributed by atoms with van der Waals surface area (Å²) in [5, 5.41) is 10.1. The Bertz CT molecular complexity index is 207. The van der Waals surface area contributed by atoms with Crippen molar-refractivity contribution in [3.8, 4) is 11.8 Å². The summed E-state index contributed by atoms with van der Waals surface area (Å²) in [5.74, 6) is 6.45. The van der Waals surface area contributed by atoms with Crippen LogP contribution in [0.5, 0.6) is 0 Å². The summed E-state index contributed by atoms with van der Waals surface area (Å²) in [6.07, 6.45) is 6.62. The van der Waals surface area contributed by atoms with Crippen molar-refractivity contribution in [1.29, 1.82) is 0 Å². The van der Waals surface area contributed by atoms with Crippen molar-refractivity contribution in [3.05, 3.63) is 0 Å². The second-order valence-corrected chi connectivity index (χ2v) is 4.27. The second kappa shape index (κ2) is 4.67. The molecule has 0 bridgehead atoms. The standard InChI is InChI=1S/C12H20O/c1-3-4-5-8-11-9-6-7-10-12(11,2)13/h11,13H,5-10H2,1-2H3/t11-,12-/m0/s1. The van der Waals surface area contributed by atoms with Gasteiger partial charge in [-0.1, -0.05) is 12.8 Å². The average molecular weight is 180 g/mol. The summed E-state index contributed by atoms with van der Waals surface area (Å²) in [7, 11) is 0. The zero-order chi connectivity index (χ0) is 9.73. The number of rotatable bonds is 2. The van der Waals surface area contributed by atoms with Gasteiger partial charge in [0.25, 0.3) is 0 Å². The molecule has 0 amide bonds. The largest absolute Gasteiger partial charge is 0.390 e. The van der Waals surface area contributed by atoms with Crippen molar-refractivity contribution in [3.63, 3.8) is 0 Å². The van der Waals surface area contributed by atoms with Crippen LogP contribution in [-0.2, 0) is 0 Å². The van der Waals surface area contributed by atoms with Crippen molar-refractivity contribution in [1.82, 2.24) is 0 Å². The Morgan fingerprint density at radius 1 is 1.46 bits per heavy atom. The van der Waals surface area contributed by atoms with E-state index in [-0.39, 0.29) is 0 Å². The van der Waals surface area contributed by atoms with Crippen LogP contribution in [-0.4, -0.2) is 10.7 Å². The molecule has 0 aliphatic heterocycles. The van der Waals surface area contributed by atoms with Crippen LogP contribution < -0.4 is 0 Å². The Morgan fingerprint density at radius 2 is 2.23 bits per heavy atom. The molecule has 1 heteroatoms. The van der Waals surface area contributed by atoms with Crippen LogP contribution in [0.2, 0.25) is 0 Å². The highest BCUT2D eigenvalue weighted by atomic mass is 16.3. The van der Waals surface area contributed by atoms with E-state index in [0.29, 0.717) is 5.92 Å². The topological polar surface area (TPSA) is 20.2 Å². The SMILES string of the molecule is CC#CCC[C@H]1CCCC[C@]1(C)O. The van der Waals surface area contributed by atoms with E-state index >= 15 is 0 Å². The van der Waals surface area contributed by atoms with Gasteiger partial charge in [-0.15, -0.1) is 11.8 Å². The fourth-order valence-corrected chi connectivity index (χ4v) is 2.22. The zero-order valence-corrected chi connectivity index (χ0v) is 8.77. The molecule has 1 fully saturated rings. The van der Waals surface area contributed by atoms with Crippen molar-refractivity contribution in [2.24, 2.45) is 5.92 Å². The maximum absolute atomic E-state index is 10.1. The molecule has 1 rings (SSSR count). The molecule has 13 heavy (non-hydrogen) atoms. The fourth-order valence-electron chi connectivity index (χ4n) is 2.22. The zero-order valence-electron chi connectivity index (χ0n) is 8.77. The predicted molar refractivity (Wildman–Crippen MR) is 55.3 cm³/mol. The number of hydrogen-bond donors (Lipinski definition) is 1. The van der Waals surface area contributed by atoms with Gasteiger partial charge in [-0.25, -0.2) is 0 Å². The molecule has 0 aromatic heterocycles. The van der Waals surface area contributed by atoms with Crippen LogP contribution in [0.15, 0.2) is 0 Å². The van der Waals surface area contributed by atoms with E-state index in [1.54, 1.807) is 0 Å². The molecule has 0 spiro atoms. The van der Waals surface area contributed by atoms with Gasteiger partial charge in [0.05, 0.1) is 5.60 Å². The Balaban J connectivity index is 2.40. The third-order valence-electron chi connectivity index (χ3n) is 3.16. The lowest BCUT2D eigenvalue weighted by molar-refractivity contribution is -0.0342. The van der Waals surface area contributed by atoms with Gasteiger partial charge in [0.2, 0.25) is 0 Å². The summed E-state index contributed by atoms with van der Waals surface area (Å²) in [6.45, 7) is 3.86. The number of hydrogen-bond acceptors (Lipinski definition) is 1. The first-order chi connectivity index (χ1) is 6.17. The summed E-state index contributed by atoms with van der Waals surface area (Å²) in [4.78, 5) is 0. The van der Waals surface area contributed by atoms with Crippen LogP contribution in [0.25, 0.3) is 0 Å². The van der Waals surface area contributed by atoms with E-state index in [0.717, 1.165) is 19.3 Å². The molecule has 0 aromatic rings. The molecular weight excluding hydrogens is 160 g/mol. The van der Waals surface area contributed by atoms with E-state index in [9.17, 15) is 5.11 Å². The highest BCUT2D eigenvalue weighted by Gasteiger charge is 2.33. The first-order valence-electron chi connectivity index (χ1n) is 5.29. The lowest BCUT2D eigenvalue weighted by Crippen LogP contribution is -2.37. The van der Waals surface area contributed by atoms with Crippen molar-refractivity contribution < 1.29 is 5.11 Å². The summed E-state index contributed by atoms with van der Waals surface area (Å²) in [5.41, 5.74) is -0.423. The Labute approximate surface area is 81.5 Å². The Hall–Kier alpha value is -0.480. The molecule has 0 unspecified atom stereocenters. The van der Waals surface area contributed by atoms with E-state index in [2.05, 4.69) is 11.8 Å². The summed E-state index contributed by atoms with van der Waals surface area (Å²) >= 11 is 0. The van der Waals surface area contributed by atoms with Gasteiger partial charge in [0.15, 0.2) is 0 Å². The third-order valence-corrected chi connectivity index (χ3v) is 3.16. The van der Waals surface area contributed by atoms with E-state index in [1.807, 2.05) is 13.8 Å². The molecule has 0 radical (unpaired) electrons. The second-order valence-electron chi connectivity index (χ2n) is 4.27. The van der Waals surface area contributed by atoms with Crippen LogP contribution in [0.4, 0.5) is 0 Å². The third kappa shape index (κ3) is 3.04. The molecule has 1 N–H and O–H groups in total. The minimum atomic E-state index is -0.423. The van der Waals surface area contributed by atoms with Gasteiger partial charge in [-0.3, -0.25) is 0 Å². The summed E-state index contributed by atoms with van der Waals surface area (Å²) in [6, 6.07) is 0. The van der Waals surface area contributed by atoms with Crippen LogP contribution in [0.3, 0.4) is 0 Å². The Kier molecular flexibility index (Phi) is 3.81. The molecule has 74 valence electrons. The molecule has 0 aromatic carbocycles. The monoisotopic (exact) mass is 180 g/mol. The highest BCUT2D eigenvalue weighted by Crippen LogP contribution is 2.35. The molecule has 0 saturated heterocycles. The smallest absolute Gasteiger partial charge is 0.0648 e. The maximum Gasteiger partial charge on any atom is 0.0648 e. The van der Waals surface area contributed by atoms with Gasteiger partial charge >= 0.3 is 0 Å². The Morgan fingerprint density at radius 3 is 2.85 bits per heavy atom. The van der Waals surface area contributed by atoms with Crippen LogP contribution in [0.1, 0.15) is 52.4 Å². The normalized spacial score (nSPS) is 33.6. The number of aliphatic hydroxyl groups is 1. The van der Waals surface area contributed by atoms with E-state index in [1.165, 1.54) is 19.3 Å². The minimum Gasteiger partial charge on any atom is -0.390 e. The molecule has 1 nitrogen and oxygen atoms in total. The lowest BCUT2D eigenvalue weighted by Gasteiger charge is -2.36. The van der Waals surface area contributed by atoms with Gasteiger partial charge in [0.1, 0.15) is 0 Å². The lowest BCUT2D eigenvalue weighted by atomic mass is 9.74. The highest BCUT2D eigenvalue weighted by molar-refractivity contribution is 4.97. The minimum absolute atomic E-state index is 0.423.